The lowest BCUT2D eigenvalue weighted by Gasteiger charge is -2.15. The number of thiophene rings is 1. The van der Waals surface area contributed by atoms with Gasteiger partial charge in [-0.1, -0.05) is 28.1 Å². The van der Waals surface area contributed by atoms with Crippen molar-refractivity contribution >= 4 is 43.3 Å². The molecule has 0 spiro atoms. The van der Waals surface area contributed by atoms with Crippen LogP contribution in [0.1, 0.15) is 28.1 Å². The van der Waals surface area contributed by atoms with Gasteiger partial charge in [-0.15, -0.1) is 11.3 Å². The topological polar surface area (TPSA) is 63.7 Å². The highest BCUT2D eigenvalue weighted by molar-refractivity contribution is 9.10. The van der Waals surface area contributed by atoms with E-state index < -0.39 is 16.0 Å². The maximum Gasteiger partial charge on any atom is 0.350 e. The Balaban J connectivity index is 1.74. The van der Waals surface area contributed by atoms with Crippen LogP contribution >= 0.6 is 27.3 Å². The normalized spacial score (nSPS) is 15.5. The monoisotopic (exact) mass is 429 g/mol. The van der Waals surface area contributed by atoms with Crippen LogP contribution in [0.2, 0.25) is 0 Å². The number of nitrogens with zero attached hydrogens (tertiary/aromatic N) is 1. The zero-order valence-electron chi connectivity index (χ0n) is 12.8. The smallest absolute Gasteiger partial charge is 0.350 e. The second-order valence-electron chi connectivity index (χ2n) is 5.43. The Labute approximate surface area is 153 Å². The van der Waals surface area contributed by atoms with Crippen molar-refractivity contribution in [3.8, 4) is 0 Å². The van der Waals surface area contributed by atoms with E-state index in [2.05, 4.69) is 15.9 Å². The van der Waals surface area contributed by atoms with Gasteiger partial charge < -0.3 is 4.74 Å². The summed E-state index contributed by atoms with van der Waals surface area (Å²) in [6, 6.07) is 8.88. The number of carbonyl (C=O) groups excluding carboxylic acids is 1. The molecule has 1 aliphatic heterocycles. The number of esters is 1. The number of carbonyl (C=O) groups is 1. The number of hydrogen-bond donors (Lipinski definition) is 0. The third kappa shape index (κ3) is 3.72. The average Bonchev–Trinajstić information content (AvgIpc) is 3.25. The van der Waals surface area contributed by atoms with E-state index in [0.717, 1.165) is 34.2 Å². The Kier molecular flexibility index (Phi) is 5.39. The van der Waals surface area contributed by atoms with Gasteiger partial charge in [-0.05, 0) is 42.0 Å². The number of hydrogen-bond acceptors (Lipinski definition) is 5. The predicted molar refractivity (Wildman–Crippen MR) is 95.6 cm³/mol. The largest absolute Gasteiger partial charge is 0.457 e. The summed E-state index contributed by atoms with van der Waals surface area (Å²) in [5, 5.41) is 1.61. The van der Waals surface area contributed by atoms with E-state index in [0.29, 0.717) is 13.1 Å². The van der Waals surface area contributed by atoms with Gasteiger partial charge in [-0.2, -0.15) is 4.31 Å². The van der Waals surface area contributed by atoms with Gasteiger partial charge in [0.2, 0.25) is 10.0 Å². The average molecular weight is 430 g/mol. The molecule has 0 saturated carbocycles. The summed E-state index contributed by atoms with van der Waals surface area (Å²) in [6.45, 7) is 1.12. The minimum Gasteiger partial charge on any atom is -0.457 e. The Morgan fingerprint density at radius 3 is 2.50 bits per heavy atom. The molecule has 0 radical (unpaired) electrons. The molecule has 1 aromatic carbocycles. The van der Waals surface area contributed by atoms with Gasteiger partial charge in [0.1, 0.15) is 16.4 Å². The lowest BCUT2D eigenvalue weighted by Crippen LogP contribution is -2.28. The molecule has 1 aromatic heterocycles. The summed E-state index contributed by atoms with van der Waals surface area (Å²) in [4.78, 5) is 12.5. The summed E-state index contributed by atoms with van der Waals surface area (Å²) >= 11 is 4.44. The number of sulfonamides is 1. The highest BCUT2D eigenvalue weighted by atomic mass is 79.9. The first-order valence-corrected chi connectivity index (χ1v) is 10.6. The number of rotatable bonds is 5. The van der Waals surface area contributed by atoms with Gasteiger partial charge >= 0.3 is 5.97 Å². The summed E-state index contributed by atoms with van der Waals surface area (Å²) in [5.41, 5.74) is 0.840. The van der Waals surface area contributed by atoms with Gasteiger partial charge in [0, 0.05) is 17.6 Å². The highest BCUT2D eigenvalue weighted by Gasteiger charge is 2.32. The summed E-state index contributed by atoms with van der Waals surface area (Å²) in [6.07, 6.45) is 1.71. The van der Waals surface area contributed by atoms with Gasteiger partial charge in [-0.25, -0.2) is 13.2 Å². The van der Waals surface area contributed by atoms with Crippen molar-refractivity contribution in [3.63, 3.8) is 0 Å². The number of halogens is 1. The van der Waals surface area contributed by atoms with Gasteiger partial charge in [0.25, 0.3) is 0 Å². The first-order valence-electron chi connectivity index (χ1n) is 7.48. The van der Waals surface area contributed by atoms with Crippen molar-refractivity contribution in [1.29, 1.82) is 0 Å². The van der Waals surface area contributed by atoms with E-state index in [4.69, 9.17) is 4.74 Å². The number of ether oxygens (including phenoxy) is 1. The lowest BCUT2D eigenvalue weighted by molar-refractivity contribution is 0.0474. The van der Waals surface area contributed by atoms with E-state index in [-0.39, 0.29) is 16.4 Å². The molecular formula is C16H16BrNO4S2. The molecule has 1 aliphatic rings. The molecule has 1 fully saturated rings. The Morgan fingerprint density at radius 2 is 1.83 bits per heavy atom. The maximum atomic E-state index is 12.7. The molecule has 0 aliphatic carbocycles. The number of benzene rings is 1. The minimum absolute atomic E-state index is 0.0511. The van der Waals surface area contributed by atoms with Crippen molar-refractivity contribution in [2.75, 3.05) is 13.1 Å². The van der Waals surface area contributed by atoms with Crippen LogP contribution in [0, 0.1) is 0 Å². The van der Waals surface area contributed by atoms with Crippen molar-refractivity contribution in [2.24, 2.45) is 0 Å². The van der Waals surface area contributed by atoms with E-state index in [9.17, 15) is 13.2 Å². The second-order valence-corrected chi connectivity index (χ2v) is 9.17. The molecule has 2 heterocycles. The van der Waals surface area contributed by atoms with Crippen LogP contribution in [0.15, 0.2) is 45.1 Å². The fourth-order valence-electron chi connectivity index (χ4n) is 2.51. The molecule has 1 saturated heterocycles. The standard InChI is InChI=1S/C16H16BrNO4S2/c17-13-5-3-12(4-6-13)11-22-16(19)15-14(7-10-23-15)24(20,21)18-8-1-2-9-18/h3-7,10H,1-2,8-9,11H2. The molecule has 0 atom stereocenters. The Morgan fingerprint density at radius 1 is 1.17 bits per heavy atom. The van der Waals surface area contributed by atoms with Crippen molar-refractivity contribution in [1.82, 2.24) is 4.31 Å². The zero-order chi connectivity index (χ0) is 17.2. The molecule has 8 heteroatoms. The van der Waals surface area contributed by atoms with Crippen molar-refractivity contribution < 1.29 is 17.9 Å². The van der Waals surface area contributed by atoms with Crippen LogP contribution in [-0.4, -0.2) is 31.8 Å². The quantitative estimate of drug-likeness (QED) is 0.680. The molecule has 0 bridgehead atoms. The highest BCUT2D eigenvalue weighted by Crippen LogP contribution is 2.28. The van der Waals surface area contributed by atoms with Crippen LogP contribution in [0.4, 0.5) is 0 Å². The summed E-state index contributed by atoms with van der Waals surface area (Å²) in [5.74, 6) is -0.606. The first kappa shape index (κ1) is 17.6. The molecule has 2 aromatic rings. The summed E-state index contributed by atoms with van der Waals surface area (Å²) in [7, 11) is -3.62. The predicted octanol–water partition coefficient (Wildman–Crippen LogP) is 3.65. The van der Waals surface area contributed by atoms with E-state index in [1.807, 2.05) is 24.3 Å². The molecular weight excluding hydrogens is 414 g/mol. The molecule has 3 rings (SSSR count). The fraction of sp³-hybridized carbons (Fsp3) is 0.312. The molecule has 0 unspecified atom stereocenters. The van der Waals surface area contributed by atoms with Gasteiger partial charge in [-0.3, -0.25) is 0 Å². The van der Waals surface area contributed by atoms with Crippen LogP contribution in [0.25, 0.3) is 0 Å². The molecule has 128 valence electrons. The van der Waals surface area contributed by atoms with Crippen molar-refractivity contribution in [3.05, 3.63) is 50.6 Å². The molecule has 0 amide bonds. The molecule has 0 N–H and O–H groups in total. The zero-order valence-corrected chi connectivity index (χ0v) is 16.0. The van der Waals surface area contributed by atoms with Crippen molar-refractivity contribution in [2.45, 2.75) is 24.3 Å². The first-order chi connectivity index (χ1) is 11.5. The van der Waals surface area contributed by atoms with Gasteiger partial charge in [0.15, 0.2) is 0 Å². The van der Waals surface area contributed by atoms with Crippen LogP contribution < -0.4 is 0 Å². The van der Waals surface area contributed by atoms with Crippen LogP contribution in [0.3, 0.4) is 0 Å². The lowest BCUT2D eigenvalue weighted by atomic mass is 10.2. The fourth-order valence-corrected chi connectivity index (χ4v) is 5.58. The van der Waals surface area contributed by atoms with E-state index >= 15 is 0 Å². The van der Waals surface area contributed by atoms with Gasteiger partial charge in [0.05, 0.1) is 0 Å². The SMILES string of the molecule is O=C(OCc1ccc(Br)cc1)c1sccc1S(=O)(=O)N1CCCC1. The maximum absolute atomic E-state index is 12.7. The van der Waals surface area contributed by atoms with Crippen LogP contribution in [-0.2, 0) is 21.4 Å². The molecule has 5 nitrogen and oxygen atoms in total. The van der Waals surface area contributed by atoms with E-state index in [1.165, 1.54) is 10.4 Å². The van der Waals surface area contributed by atoms with Crippen LogP contribution in [0.5, 0.6) is 0 Å². The second kappa shape index (κ2) is 7.35. The Hall–Kier alpha value is -1.22. The summed E-state index contributed by atoms with van der Waals surface area (Å²) < 4.78 is 33.0. The van der Waals surface area contributed by atoms with E-state index in [1.54, 1.807) is 5.38 Å². The Bertz CT molecular complexity index is 824. The molecule has 24 heavy (non-hydrogen) atoms. The minimum atomic E-state index is -3.62. The third-order valence-electron chi connectivity index (χ3n) is 3.78. The third-order valence-corrected chi connectivity index (χ3v) is 7.27.